The minimum absolute atomic E-state index is 0.0305. The molecule has 0 radical (unpaired) electrons. The molecule has 1 aliphatic heterocycles. The Bertz CT molecular complexity index is 1590. The minimum Gasteiger partial charge on any atom is -0.387 e. The lowest BCUT2D eigenvalue weighted by Gasteiger charge is -2.17. The van der Waals surface area contributed by atoms with Crippen molar-refractivity contribution in [1.82, 2.24) is 29.8 Å². The summed E-state index contributed by atoms with van der Waals surface area (Å²) in [4.78, 5) is 29.8. The second kappa shape index (κ2) is 10.1. The van der Waals surface area contributed by atoms with Crippen molar-refractivity contribution in [2.45, 2.75) is 31.1 Å². The maximum atomic E-state index is 14.4. The van der Waals surface area contributed by atoms with Crippen LogP contribution in [0, 0.1) is 5.82 Å². The number of halogens is 3. The molecule has 5 rings (SSSR count). The molecule has 4 heterocycles. The number of carbonyl (C=O) groups is 1. The molecule has 37 heavy (non-hydrogen) atoms. The zero-order valence-electron chi connectivity index (χ0n) is 21.6. The van der Waals surface area contributed by atoms with E-state index in [4.69, 9.17) is 32.1 Å². The zero-order chi connectivity index (χ0) is 28.8. The molecule has 3 aromatic heterocycles. The fraction of sp³-hybridized carbons (Fsp3) is 0.261. The van der Waals surface area contributed by atoms with Gasteiger partial charge in [-0.25, -0.2) is 19.3 Å². The maximum Gasteiger partial charge on any atom is 0.251 e. The molecule has 1 aliphatic rings. The Morgan fingerprint density at radius 1 is 1.22 bits per heavy atom. The van der Waals surface area contributed by atoms with Gasteiger partial charge in [-0.3, -0.25) is 14.3 Å². The molecule has 14 heteroatoms. The van der Waals surface area contributed by atoms with Gasteiger partial charge in [0, 0.05) is 46.2 Å². The number of ether oxygens (including phenoxy) is 1. The largest absolute Gasteiger partial charge is 0.387 e. The number of likely N-dealkylation sites (N-methyl/N-ethyl adjacent to an activating group) is 1. The number of aromatic nitrogens is 5. The Morgan fingerprint density at radius 2 is 2.05 bits per heavy atom. The van der Waals surface area contributed by atoms with Crippen LogP contribution in [-0.2, 0) is 16.1 Å². The van der Waals surface area contributed by atoms with E-state index in [9.17, 15) is 19.4 Å². The topological polar surface area (TPSA) is 147 Å². The SMILES string of the molecule is [2H]C([2H])([2H])NC(=O)[C@H]1O[C@@H](n2cnc3c(NCc4cc(Cl)ccc4F)nc(-c4cncc(Cl)c4)nc32)[C@H](O)[C@@H]1O. The highest BCUT2D eigenvalue weighted by molar-refractivity contribution is 6.31. The molecule has 0 bridgehead atoms. The Labute approximate surface area is 223 Å². The molecule has 1 saturated heterocycles. The molecule has 1 fully saturated rings. The predicted molar refractivity (Wildman–Crippen MR) is 132 cm³/mol. The summed E-state index contributed by atoms with van der Waals surface area (Å²) < 4.78 is 42.9. The highest BCUT2D eigenvalue weighted by Crippen LogP contribution is 2.34. The van der Waals surface area contributed by atoms with Gasteiger partial charge < -0.3 is 25.6 Å². The van der Waals surface area contributed by atoms with E-state index < -0.39 is 43.2 Å². The lowest BCUT2D eigenvalue weighted by molar-refractivity contribution is -0.137. The van der Waals surface area contributed by atoms with Gasteiger partial charge in [0.05, 0.1) is 11.3 Å². The van der Waals surface area contributed by atoms with Crippen LogP contribution in [0.1, 0.15) is 15.9 Å². The number of rotatable bonds is 6. The third-order valence-corrected chi connectivity index (χ3v) is 6.17. The van der Waals surface area contributed by atoms with Gasteiger partial charge in [-0.15, -0.1) is 0 Å². The minimum atomic E-state index is -2.83. The summed E-state index contributed by atoms with van der Waals surface area (Å²) in [5, 5.41) is 26.6. The van der Waals surface area contributed by atoms with Crippen molar-refractivity contribution < 1.29 is 28.2 Å². The monoisotopic (exact) mass is 550 g/mol. The van der Waals surface area contributed by atoms with Crippen molar-refractivity contribution in [2.24, 2.45) is 0 Å². The second-order valence-electron chi connectivity index (χ2n) is 8.12. The third kappa shape index (κ3) is 4.81. The van der Waals surface area contributed by atoms with Gasteiger partial charge in [0.25, 0.3) is 5.91 Å². The summed E-state index contributed by atoms with van der Waals surface area (Å²) in [6.45, 7) is -2.86. The highest BCUT2D eigenvalue weighted by atomic mass is 35.5. The number of imidazole rings is 1. The molecular formula is C23H20Cl2FN7O4. The molecule has 0 unspecified atom stereocenters. The predicted octanol–water partition coefficient (Wildman–Crippen LogP) is 2.31. The van der Waals surface area contributed by atoms with E-state index in [0.29, 0.717) is 15.6 Å². The van der Waals surface area contributed by atoms with E-state index in [1.165, 1.54) is 41.5 Å². The normalized spacial score (nSPS) is 22.9. The van der Waals surface area contributed by atoms with E-state index in [-0.39, 0.29) is 34.9 Å². The first-order valence-corrected chi connectivity index (χ1v) is 11.5. The summed E-state index contributed by atoms with van der Waals surface area (Å²) in [6.07, 6.45) is -2.36. The van der Waals surface area contributed by atoms with E-state index in [0.717, 1.165) is 0 Å². The molecule has 4 aromatic rings. The van der Waals surface area contributed by atoms with Gasteiger partial charge >= 0.3 is 0 Å². The molecule has 0 aliphatic carbocycles. The first kappa shape index (κ1) is 21.6. The standard InChI is InChI=1S/C23H20Cl2FN7O4/c1-27-22(36)18-16(34)17(35)23(37-18)33-9-30-15-20(29-7-10-4-12(24)2-3-14(10)26)31-19(32-21(15)33)11-5-13(25)8-28-6-11/h2-6,8-9,16-18,23,34-35H,7H2,1H3,(H,27,36)(H,29,31,32)/t16-,17+,18-,23+/m0/s1/i1D3. The van der Waals surface area contributed by atoms with Crippen molar-refractivity contribution >= 4 is 46.1 Å². The molecular weight excluding hydrogens is 528 g/mol. The number of aliphatic hydroxyl groups is 2. The number of aliphatic hydroxyl groups excluding tert-OH is 2. The number of amides is 1. The van der Waals surface area contributed by atoms with Crippen LogP contribution in [0.2, 0.25) is 10.0 Å². The fourth-order valence-corrected chi connectivity index (χ4v) is 4.29. The Kier molecular flexibility index (Phi) is 5.94. The Hall–Kier alpha value is -3.42. The summed E-state index contributed by atoms with van der Waals surface area (Å²) >= 11 is 12.1. The van der Waals surface area contributed by atoms with Crippen LogP contribution in [0.4, 0.5) is 10.2 Å². The number of hydrogen-bond donors (Lipinski definition) is 4. The van der Waals surface area contributed by atoms with Crippen molar-refractivity contribution in [3.05, 3.63) is 64.4 Å². The van der Waals surface area contributed by atoms with Gasteiger partial charge in [0.15, 0.2) is 35.1 Å². The number of pyridine rings is 1. The van der Waals surface area contributed by atoms with Crippen LogP contribution in [0.25, 0.3) is 22.6 Å². The molecule has 1 aromatic carbocycles. The van der Waals surface area contributed by atoms with Gasteiger partial charge in [-0.05, 0) is 24.3 Å². The number of hydrogen-bond acceptors (Lipinski definition) is 9. The van der Waals surface area contributed by atoms with Crippen LogP contribution < -0.4 is 10.6 Å². The quantitative estimate of drug-likeness (QED) is 0.284. The lowest BCUT2D eigenvalue weighted by Crippen LogP contribution is -2.41. The number of nitrogens with zero attached hydrogens (tertiary/aromatic N) is 5. The van der Waals surface area contributed by atoms with Crippen molar-refractivity contribution in [2.75, 3.05) is 12.3 Å². The summed E-state index contributed by atoms with van der Waals surface area (Å²) in [7, 11) is 0. The summed E-state index contributed by atoms with van der Waals surface area (Å²) in [5.41, 5.74) is 0.960. The van der Waals surface area contributed by atoms with Crippen molar-refractivity contribution in [1.29, 1.82) is 0 Å². The fourth-order valence-electron chi connectivity index (χ4n) is 3.92. The average molecular weight is 551 g/mol. The Balaban J connectivity index is 1.55. The second-order valence-corrected chi connectivity index (χ2v) is 8.99. The highest BCUT2D eigenvalue weighted by Gasteiger charge is 2.47. The average Bonchev–Trinajstić information content (AvgIpc) is 3.44. The first-order chi connectivity index (χ1) is 18.9. The number of anilines is 1. The van der Waals surface area contributed by atoms with Crippen molar-refractivity contribution in [3.63, 3.8) is 0 Å². The van der Waals surface area contributed by atoms with E-state index >= 15 is 0 Å². The van der Waals surface area contributed by atoms with Gasteiger partial charge in [-0.1, -0.05) is 23.2 Å². The van der Waals surface area contributed by atoms with Crippen LogP contribution in [0.3, 0.4) is 0 Å². The van der Waals surface area contributed by atoms with Crippen LogP contribution >= 0.6 is 23.2 Å². The molecule has 192 valence electrons. The number of carbonyl (C=O) groups excluding carboxylic acids is 1. The van der Waals surface area contributed by atoms with Gasteiger partial charge in [0.1, 0.15) is 18.0 Å². The van der Waals surface area contributed by atoms with Gasteiger partial charge in [0.2, 0.25) is 0 Å². The van der Waals surface area contributed by atoms with Crippen LogP contribution in [-0.4, -0.2) is 65.9 Å². The smallest absolute Gasteiger partial charge is 0.251 e. The van der Waals surface area contributed by atoms with E-state index in [2.05, 4.69) is 25.3 Å². The molecule has 0 saturated carbocycles. The Morgan fingerprint density at radius 3 is 2.84 bits per heavy atom. The number of nitrogens with one attached hydrogen (secondary N) is 2. The van der Waals surface area contributed by atoms with Crippen LogP contribution in [0.5, 0.6) is 0 Å². The third-order valence-electron chi connectivity index (χ3n) is 5.73. The lowest BCUT2D eigenvalue weighted by atomic mass is 10.1. The van der Waals surface area contributed by atoms with Crippen molar-refractivity contribution in [3.8, 4) is 11.4 Å². The van der Waals surface area contributed by atoms with Gasteiger partial charge in [-0.2, -0.15) is 0 Å². The molecule has 0 spiro atoms. The number of fused-ring (bicyclic) bond motifs is 1. The summed E-state index contributed by atoms with van der Waals surface area (Å²) in [6, 6.07) is 5.67. The summed E-state index contributed by atoms with van der Waals surface area (Å²) in [5.74, 6) is -1.33. The van der Waals surface area contributed by atoms with E-state index in [1.807, 2.05) is 0 Å². The zero-order valence-corrected chi connectivity index (χ0v) is 20.2. The maximum absolute atomic E-state index is 14.4. The molecule has 4 atom stereocenters. The van der Waals surface area contributed by atoms with E-state index in [1.54, 1.807) is 11.4 Å². The molecule has 11 nitrogen and oxygen atoms in total. The first-order valence-electron chi connectivity index (χ1n) is 12.3. The number of benzene rings is 1. The molecule has 1 amide bonds. The van der Waals surface area contributed by atoms with Crippen LogP contribution in [0.15, 0.2) is 43.0 Å². The molecule has 4 N–H and O–H groups in total.